The predicted molar refractivity (Wildman–Crippen MR) is 54.4 cm³/mol. The van der Waals surface area contributed by atoms with Crippen molar-refractivity contribution in [1.29, 1.82) is 0 Å². The minimum absolute atomic E-state index is 0.428. The SMILES string of the molecule is Clc1[c]n2c(n1)sc1ccccc12. The number of imidazole rings is 1. The lowest BCUT2D eigenvalue weighted by Crippen LogP contribution is -1.74. The van der Waals surface area contributed by atoms with Gasteiger partial charge in [-0.25, -0.2) is 4.98 Å². The van der Waals surface area contributed by atoms with E-state index in [2.05, 4.69) is 17.2 Å². The van der Waals surface area contributed by atoms with Gasteiger partial charge in [0.2, 0.25) is 0 Å². The second-order valence-corrected chi connectivity index (χ2v) is 4.07. The Balaban J connectivity index is 2.60. The van der Waals surface area contributed by atoms with E-state index in [9.17, 15) is 0 Å². The van der Waals surface area contributed by atoms with Crippen LogP contribution in [0.2, 0.25) is 5.15 Å². The zero-order valence-electron chi connectivity index (χ0n) is 6.49. The third kappa shape index (κ3) is 0.975. The summed E-state index contributed by atoms with van der Waals surface area (Å²) in [5.41, 5.74) is 1.11. The Kier molecular flexibility index (Phi) is 1.39. The van der Waals surface area contributed by atoms with Gasteiger partial charge in [-0.15, -0.1) is 0 Å². The lowest BCUT2D eigenvalue weighted by atomic mass is 10.3. The highest BCUT2D eigenvalue weighted by molar-refractivity contribution is 7.23. The van der Waals surface area contributed by atoms with E-state index in [1.807, 2.05) is 22.6 Å². The Hall–Kier alpha value is -1.06. The van der Waals surface area contributed by atoms with Crippen molar-refractivity contribution in [1.82, 2.24) is 9.38 Å². The van der Waals surface area contributed by atoms with Gasteiger partial charge in [0.1, 0.15) is 6.20 Å². The van der Waals surface area contributed by atoms with E-state index < -0.39 is 0 Å². The summed E-state index contributed by atoms with van der Waals surface area (Å²) in [6.45, 7) is 0. The summed E-state index contributed by atoms with van der Waals surface area (Å²) in [6.07, 6.45) is 2.96. The average molecular weight is 208 g/mol. The standard InChI is InChI=1S/C9H4ClN2S/c10-8-5-12-6-3-1-2-4-7(6)13-9(12)11-8/h1-4H. The van der Waals surface area contributed by atoms with Crippen molar-refractivity contribution in [2.45, 2.75) is 0 Å². The summed E-state index contributed by atoms with van der Waals surface area (Å²) in [6, 6.07) is 8.11. The van der Waals surface area contributed by atoms with Crippen LogP contribution in [-0.4, -0.2) is 9.38 Å². The summed E-state index contributed by atoms with van der Waals surface area (Å²) < 4.78 is 3.10. The molecule has 0 amide bonds. The molecule has 13 heavy (non-hydrogen) atoms. The summed E-state index contributed by atoms with van der Waals surface area (Å²) >= 11 is 7.36. The van der Waals surface area contributed by atoms with Crippen molar-refractivity contribution in [3.8, 4) is 0 Å². The number of aromatic nitrogens is 2. The van der Waals surface area contributed by atoms with Crippen LogP contribution in [0, 0.1) is 6.20 Å². The molecule has 0 unspecified atom stereocenters. The minimum atomic E-state index is 0.428. The van der Waals surface area contributed by atoms with Gasteiger partial charge in [0, 0.05) is 0 Å². The highest BCUT2D eigenvalue weighted by Crippen LogP contribution is 2.26. The van der Waals surface area contributed by atoms with Gasteiger partial charge in [-0.3, -0.25) is 4.40 Å². The second kappa shape index (κ2) is 2.47. The molecule has 0 N–H and O–H groups in total. The van der Waals surface area contributed by atoms with Gasteiger partial charge in [-0.1, -0.05) is 35.1 Å². The van der Waals surface area contributed by atoms with Gasteiger partial charge in [0.25, 0.3) is 0 Å². The fraction of sp³-hybridized carbons (Fsp3) is 0. The average Bonchev–Trinajstić information content (AvgIpc) is 2.60. The van der Waals surface area contributed by atoms with E-state index in [4.69, 9.17) is 11.6 Å². The van der Waals surface area contributed by atoms with Gasteiger partial charge in [-0.05, 0) is 12.1 Å². The molecule has 3 rings (SSSR count). The maximum absolute atomic E-state index is 5.74. The van der Waals surface area contributed by atoms with Crippen molar-refractivity contribution in [3.05, 3.63) is 35.6 Å². The second-order valence-electron chi connectivity index (χ2n) is 2.70. The number of thiazole rings is 1. The molecule has 2 aromatic heterocycles. The van der Waals surface area contributed by atoms with Crippen LogP contribution < -0.4 is 0 Å². The molecule has 0 saturated carbocycles. The number of nitrogens with zero attached hydrogens (tertiary/aromatic N) is 2. The predicted octanol–water partition coefficient (Wildman–Crippen LogP) is 3.00. The number of halogens is 1. The molecule has 4 heteroatoms. The maximum atomic E-state index is 5.74. The molecule has 0 aliphatic rings. The van der Waals surface area contributed by atoms with Crippen LogP contribution in [0.5, 0.6) is 0 Å². The van der Waals surface area contributed by atoms with Crippen LogP contribution in [-0.2, 0) is 0 Å². The minimum Gasteiger partial charge on any atom is -0.280 e. The topological polar surface area (TPSA) is 17.3 Å². The van der Waals surface area contributed by atoms with Crippen LogP contribution >= 0.6 is 22.9 Å². The Labute approximate surface area is 83.4 Å². The van der Waals surface area contributed by atoms with Crippen molar-refractivity contribution in [2.75, 3.05) is 0 Å². The maximum Gasteiger partial charge on any atom is 0.196 e. The lowest BCUT2D eigenvalue weighted by molar-refractivity contribution is 1.28. The van der Waals surface area contributed by atoms with Gasteiger partial charge in [0.05, 0.1) is 10.2 Å². The molecule has 0 bridgehead atoms. The summed E-state index contributed by atoms with van der Waals surface area (Å²) in [5, 5.41) is 0.428. The van der Waals surface area contributed by atoms with Crippen LogP contribution in [0.15, 0.2) is 24.3 Å². The van der Waals surface area contributed by atoms with Crippen molar-refractivity contribution in [3.63, 3.8) is 0 Å². The first-order chi connectivity index (χ1) is 6.34. The largest absolute Gasteiger partial charge is 0.280 e. The molecule has 0 spiro atoms. The molecule has 0 atom stereocenters. The normalized spacial score (nSPS) is 11.5. The van der Waals surface area contributed by atoms with E-state index in [1.165, 1.54) is 4.70 Å². The molecule has 0 aliphatic heterocycles. The quantitative estimate of drug-likeness (QED) is 0.554. The Morgan fingerprint density at radius 1 is 1.38 bits per heavy atom. The Morgan fingerprint density at radius 2 is 2.23 bits per heavy atom. The number of para-hydroxylation sites is 1. The summed E-state index contributed by atoms with van der Waals surface area (Å²) in [7, 11) is 0. The van der Waals surface area contributed by atoms with Crippen LogP contribution in [0.4, 0.5) is 0 Å². The van der Waals surface area contributed by atoms with E-state index in [-0.39, 0.29) is 0 Å². The van der Waals surface area contributed by atoms with Gasteiger partial charge in [0.15, 0.2) is 10.1 Å². The number of hydrogen-bond donors (Lipinski definition) is 0. The third-order valence-electron chi connectivity index (χ3n) is 1.90. The fourth-order valence-electron chi connectivity index (χ4n) is 1.36. The van der Waals surface area contributed by atoms with Crippen LogP contribution in [0.1, 0.15) is 0 Å². The number of hydrogen-bond acceptors (Lipinski definition) is 2. The van der Waals surface area contributed by atoms with Crippen LogP contribution in [0.3, 0.4) is 0 Å². The van der Waals surface area contributed by atoms with E-state index in [0.717, 1.165) is 10.5 Å². The molecule has 0 aliphatic carbocycles. The first kappa shape index (κ1) is 7.35. The monoisotopic (exact) mass is 207 g/mol. The van der Waals surface area contributed by atoms with E-state index >= 15 is 0 Å². The first-order valence-electron chi connectivity index (χ1n) is 3.79. The van der Waals surface area contributed by atoms with Crippen molar-refractivity contribution >= 4 is 38.1 Å². The van der Waals surface area contributed by atoms with Crippen LogP contribution in [0.25, 0.3) is 15.2 Å². The fourth-order valence-corrected chi connectivity index (χ4v) is 2.55. The molecular formula is C9H4ClN2S. The van der Waals surface area contributed by atoms with Gasteiger partial charge >= 0.3 is 0 Å². The Morgan fingerprint density at radius 3 is 3.15 bits per heavy atom. The molecule has 0 fully saturated rings. The lowest BCUT2D eigenvalue weighted by Gasteiger charge is -1.86. The third-order valence-corrected chi connectivity index (χ3v) is 3.09. The number of benzene rings is 1. The highest BCUT2D eigenvalue weighted by atomic mass is 35.5. The summed E-state index contributed by atoms with van der Waals surface area (Å²) in [5.74, 6) is 0. The molecule has 1 radical (unpaired) electrons. The molecule has 1 aromatic carbocycles. The van der Waals surface area contributed by atoms with E-state index in [1.54, 1.807) is 11.3 Å². The Bertz CT molecular complexity index is 581. The highest BCUT2D eigenvalue weighted by Gasteiger charge is 2.06. The number of fused-ring (bicyclic) bond motifs is 3. The van der Waals surface area contributed by atoms with E-state index in [0.29, 0.717) is 5.15 Å². The molecule has 2 nitrogen and oxygen atoms in total. The summed E-state index contributed by atoms with van der Waals surface area (Å²) in [4.78, 5) is 5.04. The molecular weight excluding hydrogens is 204 g/mol. The van der Waals surface area contributed by atoms with Gasteiger partial charge in [-0.2, -0.15) is 0 Å². The molecule has 3 aromatic rings. The molecule has 0 saturated heterocycles. The molecule has 63 valence electrons. The molecule has 2 heterocycles. The van der Waals surface area contributed by atoms with Crippen molar-refractivity contribution < 1.29 is 0 Å². The van der Waals surface area contributed by atoms with Gasteiger partial charge < -0.3 is 0 Å². The zero-order valence-corrected chi connectivity index (χ0v) is 8.06. The van der Waals surface area contributed by atoms with Crippen molar-refractivity contribution in [2.24, 2.45) is 0 Å². The smallest absolute Gasteiger partial charge is 0.196 e. The first-order valence-corrected chi connectivity index (χ1v) is 4.99. The number of rotatable bonds is 0. The zero-order chi connectivity index (χ0) is 8.84.